The van der Waals surface area contributed by atoms with Crippen LogP contribution in [0.4, 0.5) is 5.82 Å². The van der Waals surface area contributed by atoms with Gasteiger partial charge in [0.2, 0.25) is 11.6 Å². The third-order valence-corrected chi connectivity index (χ3v) is 3.59. The van der Waals surface area contributed by atoms with Crippen molar-refractivity contribution in [3.63, 3.8) is 0 Å². The zero-order valence-corrected chi connectivity index (χ0v) is 14.6. The van der Waals surface area contributed by atoms with Gasteiger partial charge in [-0.2, -0.15) is 4.68 Å². The third kappa shape index (κ3) is 3.53. The Kier molecular flexibility index (Phi) is 5.50. The number of esters is 1. The molecule has 0 amide bonds. The highest BCUT2D eigenvalue weighted by atomic mass is 16.6. The molecule has 0 aliphatic heterocycles. The highest BCUT2D eigenvalue weighted by Crippen LogP contribution is 2.20. The zero-order chi connectivity index (χ0) is 17.9. The largest absolute Gasteiger partial charge is 0.461 e. The molecule has 0 atom stereocenters. The minimum Gasteiger partial charge on any atom is -0.461 e. The quantitative estimate of drug-likeness (QED) is 0.737. The molecule has 2 rings (SSSR count). The molecule has 132 valence electrons. The molecule has 2 N–H and O–H groups in total. The third-order valence-electron chi connectivity index (χ3n) is 3.59. The Hall–Kier alpha value is -2.49. The Morgan fingerprint density at radius 2 is 1.96 bits per heavy atom. The van der Waals surface area contributed by atoms with Gasteiger partial charge in [-0.15, -0.1) is 5.10 Å². The number of ether oxygens (including phenoxy) is 1. The van der Waals surface area contributed by atoms with Crippen molar-refractivity contribution in [2.24, 2.45) is 0 Å². The molecule has 0 fully saturated rings. The SMILES string of the molecule is CCOC(=O)c1nnn(-c2nonc2N)c1CN(C(C)C)C(C)C. The second kappa shape index (κ2) is 7.39. The van der Waals surface area contributed by atoms with E-state index in [4.69, 9.17) is 10.5 Å². The fourth-order valence-electron chi connectivity index (χ4n) is 2.44. The van der Waals surface area contributed by atoms with Crippen LogP contribution in [0.15, 0.2) is 4.63 Å². The molecular weight excluding hydrogens is 314 g/mol. The van der Waals surface area contributed by atoms with Crippen LogP contribution < -0.4 is 5.73 Å². The van der Waals surface area contributed by atoms with Gasteiger partial charge >= 0.3 is 5.97 Å². The number of nitrogens with two attached hydrogens (primary N) is 1. The standard InChI is InChI=1S/C14H23N7O3/c1-6-23-14(22)11-10(7-20(8(2)3)9(4)5)21(19-16-11)13-12(15)17-24-18-13/h8-9H,6-7H2,1-5H3,(H2,15,17). The molecule has 0 aliphatic rings. The Balaban J connectivity index is 2.50. The van der Waals surface area contributed by atoms with Crippen molar-refractivity contribution in [3.8, 4) is 5.82 Å². The molecule has 2 aromatic rings. The summed E-state index contributed by atoms with van der Waals surface area (Å²) in [5.74, 6) is -0.279. The van der Waals surface area contributed by atoms with Crippen molar-refractivity contribution in [1.82, 2.24) is 30.2 Å². The lowest BCUT2D eigenvalue weighted by molar-refractivity contribution is 0.0515. The molecule has 0 saturated carbocycles. The van der Waals surface area contributed by atoms with Crippen molar-refractivity contribution in [3.05, 3.63) is 11.4 Å². The Morgan fingerprint density at radius 1 is 1.29 bits per heavy atom. The van der Waals surface area contributed by atoms with Gasteiger partial charge in [0.25, 0.3) is 0 Å². The first-order valence-corrected chi connectivity index (χ1v) is 7.82. The number of hydrogen-bond acceptors (Lipinski definition) is 9. The van der Waals surface area contributed by atoms with Crippen LogP contribution in [0.5, 0.6) is 0 Å². The maximum absolute atomic E-state index is 12.2. The predicted octanol–water partition coefficient (Wildman–Crippen LogP) is 1.03. The molecule has 2 heterocycles. The minimum absolute atomic E-state index is 0.0669. The predicted molar refractivity (Wildman–Crippen MR) is 85.4 cm³/mol. The lowest BCUT2D eigenvalue weighted by Gasteiger charge is -2.30. The van der Waals surface area contributed by atoms with E-state index in [0.29, 0.717) is 12.2 Å². The summed E-state index contributed by atoms with van der Waals surface area (Å²) in [5, 5.41) is 15.2. The van der Waals surface area contributed by atoms with E-state index in [2.05, 4.69) is 57.8 Å². The number of carbonyl (C=O) groups excluding carboxylic acids is 1. The first kappa shape index (κ1) is 17.9. The van der Waals surface area contributed by atoms with Crippen LogP contribution in [0, 0.1) is 0 Å². The highest BCUT2D eigenvalue weighted by molar-refractivity contribution is 5.88. The lowest BCUT2D eigenvalue weighted by Crippen LogP contribution is -2.37. The Labute approximate surface area is 139 Å². The first-order chi connectivity index (χ1) is 11.4. The summed E-state index contributed by atoms with van der Waals surface area (Å²) >= 11 is 0. The topological polar surface area (TPSA) is 125 Å². The average Bonchev–Trinajstić information content (AvgIpc) is 3.09. The number of anilines is 1. The molecule has 0 radical (unpaired) electrons. The monoisotopic (exact) mass is 337 g/mol. The van der Waals surface area contributed by atoms with E-state index in [9.17, 15) is 4.79 Å². The summed E-state index contributed by atoms with van der Waals surface area (Å²) in [4.78, 5) is 14.4. The summed E-state index contributed by atoms with van der Waals surface area (Å²) < 4.78 is 11.1. The molecule has 10 heteroatoms. The second-order valence-corrected chi connectivity index (χ2v) is 5.85. The van der Waals surface area contributed by atoms with E-state index in [1.54, 1.807) is 6.92 Å². The number of carbonyl (C=O) groups is 1. The first-order valence-electron chi connectivity index (χ1n) is 7.82. The molecule has 0 aliphatic carbocycles. The van der Waals surface area contributed by atoms with E-state index in [1.165, 1.54) is 4.68 Å². The number of hydrogen-bond donors (Lipinski definition) is 1. The fraction of sp³-hybridized carbons (Fsp3) is 0.643. The van der Waals surface area contributed by atoms with Crippen molar-refractivity contribution >= 4 is 11.8 Å². The average molecular weight is 337 g/mol. The Morgan fingerprint density at radius 3 is 2.46 bits per heavy atom. The van der Waals surface area contributed by atoms with Gasteiger partial charge in [-0.3, -0.25) is 4.90 Å². The van der Waals surface area contributed by atoms with E-state index < -0.39 is 5.97 Å². The molecule has 24 heavy (non-hydrogen) atoms. The van der Waals surface area contributed by atoms with Gasteiger partial charge in [0.05, 0.1) is 12.3 Å². The molecule has 0 saturated heterocycles. The summed E-state index contributed by atoms with van der Waals surface area (Å²) in [7, 11) is 0. The van der Waals surface area contributed by atoms with Crippen molar-refractivity contribution in [1.29, 1.82) is 0 Å². The van der Waals surface area contributed by atoms with Crippen molar-refractivity contribution < 1.29 is 14.2 Å². The number of aromatic nitrogens is 5. The zero-order valence-electron chi connectivity index (χ0n) is 14.6. The van der Waals surface area contributed by atoms with Crippen LogP contribution in [0.25, 0.3) is 5.82 Å². The van der Waals surface area contributed by atoms with Crippen LogP contribution in [-0.4, -0.2) is 54.9 Å². The second-order valence-electron chi connectivity index (χ2n) is 5.85. The maximum Gasteiger partial charge on any atom is 0.360 e. The van der Waals surface area contributed by atoms with Gasteiger partial charge in [-0.1, -0.05) is 5.21 Å². The summed E-state index contributed by atoms with van der Waals surface area (Å²) in [6.07, 6.45) is 0. The number of rotatable bonds is 7. The van der Waals surface area contributed by atoms with Gasteiger partial charge in [-0.05, 0) is 44.9 Å². The van der Waals surface area contributed by atoms with Crippen molar-refractivity contribution in [2.45, 2.75) is 53.2 Å². The van der Waals surface area contributed by atoms with E-state index >= 15 is 0 Å². The fourth-order valence-corrected chi connectivity index (χ4v) is 2.44. The van der Waals surface area contributed by atoms with Gasteiger partial charge in [0, 0.05) is 18.6 Å². The number of nitrogen functional groups attached to an aromatic ring is 1. The van der Waals surface area contributed by atoms with Crippen LogP contribution >= 0.6 is 0 Å². The van der Waals surface area contributed by atoms with Gasteiger partial charge in [-0.25, -0.2) is 9.42 Å². The summed E-state index contributed by atoms with van der Waals surface area (Å²) in [5.41, 5.74) is 6.41. The molecule has 2 aromatic heterocycles. The van der Waals surface area contributed by atoms with Gasteiger partial charge in [0.15, 0.2) is 5.69 Å². The van der Waals surface area contributed by atoms with Crippen molar-refractivity contribution in [2.75, 3.05) is 12.3 Å². The van der Waals surface area contributed by atoms with E-state index in [-0.39, 0.29) is 36.0 Å². The van der Waals surface area contributed by atoms with Crippen LogP contribution in [0.3, 0.4) is 0 Å². The molecule has 0 unspecified atom stereocenters. The molecule has 0 spiro atoms. The molecule has 0 bridgehead atoms. The molecule has 0 aromatic carbocycles. The molecule has 10 nitrogen and oxygen atoms in total. The van der Waals surface area contributed by atoms with Crippen LogP contribution in [0.1, 0.15) is 50.8 Å². The van der Waals surface area contributed by atoms with E-state index in [0.717, 1.165) is 0 Å². The summed E-state index contributed by atoms with van der Waals surface area (Å²) in [6, 6.07) is 0.493. The van der Waals surface area contributed by atoms with Gasteiger partial charge < -0.3 is 10.5 Å². The highest BCUT2D eigenvalue weighted by Gasteiger charge is 2.27. The van der Waals surface area contributed by atoms with Gasteiger partial charge in [0.1, 0.15) is 0 Å². The Bertz CT molecular complexity index is 684. The maximum atomic E-state index is 12.2. The van der Waals surface area contributed by atoms with Crippen LogP contribution in [0.2, 0.25) is 0 Å². The molecular formula is C14H23N7O3. The smallest absolute Gasteiger partial charge is 0.360 e. The lowest BCUT2D eigenvalue weighted by atomic mass is 10.2. The number of nitrogens with zero attached hydrogens (tertiary/aromatic N) is 6. The van der Waals surface area contributed by atoms with E-state index in [1.807, 2.05) is 0 Å². The van der Waals surface area contributed by atoms with Crippen LogP contribution in [-0.2, 0) is 11.3 Å². The minimum atomic E-state index is -0.541. The normalized spacial score (nSPS) is 11.7. The summed E-state index contributed by atoms with van der Waals surface area (Å²) in [6.45, 7) is 10.7.